The molecule has 0 aliphatic carbocycles. The number of aliphatic hydroxyl groups excluding tert-OH is 1. The number of methoxy groups -OCH3 is 1. The van der Waals surface area contributed by atoms with Gasteiger partial charge in [-0.3, -0.25) is 0 Å². The maximum absolute atomic E-state index is 12.6. The SMILES string of the molecule is CO[C@H]1C[C@@H](CO)N(S(=O)(=O)c2cccc(C#N)c2)C1. The highest BCUT2D eigenvalue weighted by Crippen LogP contribution is 2.27. The first-order chi connectivity index (χ1) is 9.52. The lowest BCUT2D eigenvalue weighted by Crippen LogP contribution is -2.38. The third-order valence-electron chi connectivity index (χ3n) is 3.44. The van der Waals surface area contributed by atoms with Gasteiger partial charge in [0.15, 0.2) is 0 Å². The minimum Gasteiger partial charge on any atom is -0.395 e. The van der Waals surface area contributed by atoms with Crippen LogP contribution in [0.4, 0.5) is 0 Å². The number of sulfonamides is 1. The second-order valence-electron chi connectivity index (χ2n) is 4.64. The van der Waals surface area contributed by atoms with E-state index >= 15 is 0 Å². The van der Waals surface area contributed by atoms with E-state index < -0.39 is 16.1 Å². The number of hydrogen-bond donors (Lipinski definition) is 1. The van der Waals surface area contributed by atoms with Crippen molar-refractivity contribution in [2.24, 2.45) is 0 Å². The van der Waals surface area contributed by atoms with Gasteiger partial charge in [-0.1, -0.05) is 6.07 Å². The topological polar surface area (TPSA) is 90.6 Å². The molecule has 0 saturated carbocycles. The number of aliphatic hydroxyl groups is 1. The van der Waals surface area contributed by atoms with E-state index in [1.54, 1.807) is 6.07 Å². The van der Waals surface area contributed by atoms with Gasteiger partial charge < -0.3 is 9.84 Å². The zero-order chi connectivity index (χ0) is 14.8. The quantitative estimate of drug-likeness (QED) is 0.864. The Labute approximate surface area is 118 Å². The summed E-state index contributed by atoms with van der Waals surface area (Å²) in [6, 6.07) is 7.29. The number of benzene rings is 1. The van der Waals surface area contributed by atoms with Gasteiger partial charge in [0.05, 0.1) is 35.3 Å². The van der Waals surface area contributed by atoms with Crippen molar-refractivity contribution < 1.29 is 18.3 Å². The molecule has 0 amide bonds. The summed E-state index contributed by atoms with van der Waals surface area (Å²) < 4.78 is 31.6. The van der Waals surface area contributed by atoms with Crippen LogP contribution in [-0.4, -0.2) is 50.2 Å². The molecular weight excluding hydrogens is 280 g/mol. The van der Waals surface area contributed by atoms with Crippen LogP contribution in [0.5, 0.6) is 0 Å². The molecule has 1 heterocycles. The summed E-state index contributed by atoms with van der Waals surface area (Å²) >= 11 is 0. The van der Waals surface area contributed by atoms with Crippen LogP contribution in [0.15, 0.2) is 29.2 Å². The molecular formula is C13H16N2O4S. The van der Waals surface area contributed by atoms with Crippen molar-refractivity contribution in [3.63, 3.8) is 0 Å². The van der Waals surface area contributed by atoms with Gasteiger partial charge in [-0.25, -0.2) is 8.42 Å². The zero-order valence-electron chi connectivity index (χ0n) is 11.1. The van der Waals surface area contributed by atoms with Gasteiger partial charge in [-0.2, -0.15) is 9.57 Å². The fourth-order valence-electron chi connectivity index (χ4n) is 2.34. The molecule has 1 aromatic rings. The molecule has 1 saturated heterocycles. The molecule has 0 spiro atoms. The molecule has 108 valence electrons. The van der Waals surface area contributed by atoms with Crippen molar-refractivity contribution in [3.8, 4) is 6.07 Å². The van der Waals surface area contributed by atoms with Crippen molar-refractivity contribution in [2.75, 3.05) is 20.3 Å². The first-order valence-electron chi connectivity index (χ1n) is 6.18. The Morgan fingerprint density at radius 2 is 2.30 bits per heavy atom. The Bertz CT molecular complexity index is 624. The van der Waals surface area contributed by atoms with Crippen LogP contribution in [0.3, 0.4) is 0 Å². The molecule has 1 aromatic carbocycles. The lowest BCUT2D eigenvalue weighted by atomic mass is 10.2. The summed E-state index contributed by atoms with van der Waals surface area (Å²) in [6.07, 6.45) is 0.241. The maximum Gasteiger partial charge on any atom is 0.243 e. The van der Waals surface area contributed by atoms with E-state index in [9.17, 15) is 13.5 Å². The lowest BCUT2D eigenvalue weighted by molar-refractivity contribution is 0.113. The predicted octanol–water partition coefficient (Wildman–Crippen LogP) is 0.329. The number of nitrogens with zero attached hydrogens (tertiary/aromatic N) is 2. The lowest BCUT2D eigenvalue weighted by Gasteiger charge is -2.22. The van der Waals surface area contributed by atoms with E-state index in [4.69, 9.17) is 10.00 Å². The molecule has 6 nitrogen and oxygen atoms in total. The van der Waals surface area contributed by atoms with Gasteiger partial charge in [0.2, 0.25) is 10.0 Å². The van der Waals surface area contributed by atoms with Crippen LogP contribution >= 0.6 is 0 Å². The molecule has 1 fully saturated rings. The fraction of sp³-hybridized carbons (Fsp3) is 0.462. The fourth-order valence-corrected chi connectivity index (χ4v) is 4.04. The highest BCUT2D eigenvalue weighted by molar-refractivity contribution is 7.89. The van der Waals surface area contributed by atoms with Crippen LogP contribution in [0, 0.1) is 11.3 Å². The number of rotatable bonds is 4. The second kappa shape index (κ2) is 5.89. The van der Waals surface area contributed by atoms with Crippen LogP contribution in [0.25, 0.3) is 0 Å². The standard InChI is InChI=1S/C13H16N2O4S/c1-19-12-6-11(9-16)15(8-12)20(17,18)13-4-2-3-10(5-13)7-14/h2-5,11-12,16H,6,8-9H2,1H3/t11-,12-/m0/s1. The Morgan fingerprint density at radius 1 is 1.55 bits per heavy atom. The molecule has 0 aromatic heterocycles. The van der Waals surface area contributed by atoms with Crippen molar-refractivity contribution in [1.29, 1.82) is 5.26 Å². The number of hydrogen-bond acceptors (Lipinski definition) is 5. The maximum atomic E-state index is 12.6. The number of nitriles is 1. The van der Waals surface area contributed by atoms with Gasteiger partial charge in [-0.05, 0) is 24.6 Å². The summed E-state index contributed by atoms with van der Waals surface area (Å²) in [7, 11) is -2.21. The first-order valence-corrected chi connectivity index (χ1v) is 7.62. The summed E-state index contributed by atoms with van der Waals surface area (Å²) in [5.41, 5.74) is 0.286. The third kappa shape index (κ3) is 2.69. The normalized spacial score (nSPS) is 23.6. The summed E-state index contributed by atoms with van der Waals surface area (Å²) in [4.78, 5) is 0.0618. The van der Waals surface area contributed by atoms with Crippen LogP contribution < -0.4 is 0 Å². The van der Waals surface area contributed by atoms with Crippen LogP contribution in [0.2, 0.25) is 0 Å². The molecule has 1 aliphatic heterocycles. The molecule has 20 heavy (non-hydrogen) atoms. The Morgan fingerprint density at radius 3 is 2.90 bits per heavy atom. The molecule has 7 heteroatoms. The van der Waals surface area contributed by atoms with Gasteiger partial charge in [0, 0.05) is 13.7 Å². The van der Waals surface area contributed by atoms with Gasteiger partial charge >= 0.3 is 0 Å². The van der Waals surface area contributed by atoms with Crippen molar-refractivity contribution in [3.05, 3.63) is 29.8 Å². The predicted molar refractivity (Wildman–Crippen MR) is 71.3 cm³/mol. The Hall–Kier alpha value is -1.46. The molecule has 1 N–H and O–H groups in total. The smallest absolute Gasteiger partial charge is 0.243 e. The first kappa shape index (κ1) is 14.9. The zero-order valence-corrected chi connectivity index (χ0v) is 11.9. The number of ether oxygens (including phenoxy) is 1. The van der Waals surface area contributed by atoms with E-state index in [0.29, 0.717) is 6.42 Å². The average molecular weight is 296 g/mol. The van der Waals surface area contributed by atoms with Crippen molar-refractivity contribution in [1.82, 2.24) is 4.31 Å². The van der Waals surface area contributed by atoms with E-state index in [1.165, 1.54) is 29.6 Å². The molecule has 1 aliphatic rings. The van der Waals surface area contributed by atoms with Gasteiger partial charge in [0.1, 0.15) is 0 Å². The minimum atomic E-state index is -3.73. The second-order valence-corrected chi connectivity index (χ2v) is 6.53. The highest BCUT2D eigenvalue weighted by Gasteiger charge is 2.40. The van der Waals surface area contributed by atoms with Crippen molar-refractivity contribution >= 4 is 10.0 Å². The molecule has 2 atom stereocenters. The van der Waals surface area contributed by atoms with E-state index in [1.807, 2.05) is 6.07 Å². The molecule has 2 rings (SSSR count). The highest BCUT2D eigenvalue weighted by atomic mass is 32.2. The molecule has 0 unspecified atom stereocenters. The Kier molecular flexibility index (Phi) is 4.40. The van der Waals surface area contributed by atoms with Crippen LogP contribution in [-0.2, 0) is 14.8 Å². The van der Waals surface area contributed by atoms with Crippen molar-refractivity contribution in [2.45, 2.75) is 23.5 Å². The van der Waals surface area contributed by atoms with Crippen LogP contribution in [0.1, 0.15) is 12.0 Å². The monoisotopic (exact) mass is 296 g/mol. The van der Waals surface area contributed by atoms with Gasteiger partial charge in [0.25, 0.3) is 0 Å². The summed E-state index contributed by atoms with van der Waals surface area (Å²) in [5.74, 6) is 0. The van der Waals surface area contributed by atoms with Gasteiger partial charge in [-0.15, -0.1) is 0 Å². The third-order valence-corrected chi connectivity index (χ3v) is 5.35. The molecule has 0 bridgehead atoms. The molecule has 0 radical (unpaired) electrons. The summed E-state index contributed by atoms with van der Waals surface area (Å²) in [5, 5.41) is 18.2. The van der Waals surface area contributed by atoms with E-state index in [-0.39, 0.29) is 29.7 Å². The largest absolute Gasteiger partial charge is 0.395 e. The van der Waals surface area contributed by atoms with E-state index in [0.717, 1.165) is 0 Å². The van der Waals surface area contributed by atoms with E-state index in [2.05, 4.69) is 0 Å². The summed E-state index contributed by atoms with van der Waals surface area (Å²) in [6.45, 7) is -0.0438. The minimum absolute atomic E-state index is 0.0618. The average Bonchev–Trinajstić information content (AvgIpc) is 2.91. The Balaban J connectivity index is 2.36.